The maximum Gasteiger partial charge on any atom is 0.412 e. The predicted octanol–water partition coefficient (Wildman–Crippen LogP) is 3.96. The molecule has 0 radical (unpaired) electrons. The summed E-state index contributed by atoms with van der Waals surface area (Å²) in [6, 6.07) is -0.242. The zero-order valence-electron chi connectivity index (χ0n) is 17.2. The van der Waals surface area contributed by atoms with Crippen LogP contribution in [0, 0.1) is 5.92 Å². The SMILES string of the molecule is CC(C)(C)OC(=O)N1[C@@H](CC2CCCCC2)[C@H](CC(=O)C=[N+]=[N-])OC1(C)C. The van der Waals surface area contributed by atoms with Crippen molar-refractivity contribution in [1.29, 1.82) is 0 Å². The van der Waals surface area contributed by atoms with Gasteiger partial charge in [-0.15, -0.1) is 0 Å². The van der Waals surface area contributed by atoms with Crippen LogP contribution in [0.5, 0.6) is 0 Å². The average molecular weight is 380 g/mol. The van der Waals surface area contributed by atoms with E-state index < -0.39 is 23.5 Å². The van der Waals surface area contributed by atoms with Gasteiger partial charge in [-0.05, 0) is 47.0 Å². The number of carbonyl (C=O) groups is 2. The molecule has 0 bridgehead atoms. The molecule has 152 valence electrons. The highest BCUT2D eigenvalue weighted by molar-refractivity contribution is 6.25. The van der Waals surface area contributed by atoms with Gasteiger partial charge in [-0.3, -0.25) is 9.69 Å². The number of ketones is 1. The van der Waals surface area contributed by atoms with Gasteiger partial charge < -0.3 is 15.0 Å². The normalized spacial score (nSPS) is 25.7. The van der Waals surface area contributed by atoms with E-state index in [2.05, 4.69) is 4.79 Å². The van der Waals surface area contributed by atoms with Crippen LogP contribution >= 0.6 is 0 Å². The highest BCUT2D eigenvalue weighted by Gasteiger charge is 2.52. The maximum absolute atomic E-state index is 13.0. The zero-order chi connectivity index (χ0) is 20.2. The van der Waals surface area contributed by atoms with Crippen LogP contribution in [-0.4, -0.2) is 51.3 Å². The van der Waals surface area contributed by atoms with Crippen molar-refractivity contribution >= 4 is 18.1 Å². The van der Waals surface area contributed by atoms with E-state index in [1.165, 1.54) is 19.3 Å². The Morgan fingerprint density at radius 3 is 2.44 bits per heavy atom. The molecule has 1 amide bonds. The first-order valence-corrected chi connectivity index (χ1v) is 9.94. The first kappa shape index (κ1) is 21.6. The molecular formula is C20H33N3O4. The Labute approximate surface area is 162 Å². The third-order valence-corrected chi connectivity index (χ3v) is 5.27. The van der Waals surface area contributed by atoms with Crippen molar-refractivity contribution in [3.63, 3.8) is 0 Å². The lowest BCUT2D eigenvalue weighted by Crippen LogP contribution is -2.51. The molecule has 0 spiro atoms. The number of hydrogen-bond acceptors (Lipinski definition) is 4. The highest BCUT2D eigenvalue weighted by atomic mass is 16.6. The standard InChI is InChI=1S/C20H33N3O4/c1-19(2,3)27-18(25)23-16(11-14-9-7-6-8-10-14)17(26-20(23,4)5)12-15(24)13-22-21/h13-14,16-17H,6-12H2,1-5H3/t16-,17-/m0/s1. The van der Waals surface area contributed by atoms with Crippen molar-refractivity contribution in [2.24, 2.45) is 5.92 Å². The summed E-state index contributed by atoms with van der Waals surface area (Å²) in [6.45, 7) is 9.17. The van der Waals surface area contributed by atoms with Crippen molar-refractivity contribution in [1.82, 2.24) is 4.90 Å². The molecule has 1 aliphatic carbocycles. The number of hydrogen-bond donors (Lipinski definition) is 0. The first-order valence-electron chi connectivity index (χ1n) is 9.94. The van der Waals surface area contributed by atoms with E-state index in [-0.39, 0.29) is 18.2 Å². The number of ether oxygens (including phenoxy) is 2. The Bertz CT molecular complexity index is 599. The largest absolute Gasteiger partial charge is 0.444 e. The number of rotatable bonds is 5. The van der Waals surface area contributed by atoms with E-state index in [4.69, 9.17) is 15.0 Å². The van der Waals surface area contributed by atoms with Crippen LogP contribution in [0.3, 0.4) is 0 Å². The van der Waals surface area contributed by atoms with Gasteiger partial charge in [0.1, 0.15) is 11.3 Å². The van der Waals surface area contributed by atoms with Crippen LogP contribution in [0.1, 0.15) is 79.6 Å². The number of amides is 1. The lowest BCUT2D eigenvalue weighted by atomic mass is 9.83. The number of carbonyl (C=O) groups excluding carboxylic acids is 2. The predicted molar refractivity (Wildman–Crippen MR) is 101 cm³/mol. The Hall–Kier alpha value is -1.72. The fraction of sp³-hybridized carbons (Fsp3) is 0.850. The van der Waals surface area contributed by atoms with Gasteiger partial charge in [0.05, 0.1) is 12.1 Å². The molecule has 0 unspecified atom stereocenters. The van der Waals surface area contributed by atoms with Crippen LogP contribution in [0.4, 0.5) is 4.79 Å². The van der Waals surface area contributed by atoms with Gasteiger partial charge in [0, 0.05) is 6.42 Å². The summed E-state index contributed by atoms with van der Waals surface area (Å²) in [5, 5.41) is 0. The molecule has 1 heterocycles. The molecule has 0 aromatic rings. The molecule has 1 aliphatic heterocycles. The molecule has 1 saturated heterocycles. The second-order valence-electron chi connectivity index (χ2n) is 9.18. The summed E-state index contributed by atoms with van der Waals surface area (Å²) < 4.78 is 11.8. The van der Waals surface area contributed by atoms with Gasteiger partial charge in [-0.2, -0.15) is 4.79 Å². The van der Waals surface area contributed by atoms with Gasteiger partial charge in [0.2, 0.25) is 5.78 Å². The van der Waals surface area contributed by atoms with Crippen LogP contribution in [0.15, 0.2) is 0 Å². The molecule has 1 saturated carbocycles. The number of Topliss-reactive ketones (excluding diaryl/α,β-unsaturated/α-hetero) is 1. The summed E-state index contributed by atoms with van der Waals surface area (Å²) in [7, 11) is 0. The molecule has 0 aromatic carbocycles. The van der Waals surface area contributed by atoms with Gasteiger partial charge >= 0.3 is 12.3 Å². The van der Waals surface area contributed by atoms with E-state index >= 15 is 0 Å². The van der Waals surface area contributed by atoms with Gasteiger partial charge in [-0.1, -0.05) is 32.1 Å². The Morgan fingerprint density at radius 1 is 1.26 bits per heavy atom. The Morgan fingerprint density at radius 2 is 1.89 bits per heavy atom. The summed E-state index contributed by atoms with van der Waals surface area (Å²) in [4.78, 5) is 29.5. The van der Waals surface area contributed by atoms with Gasteiger partial charge in [0.15, 0.2) is 0 Å². The van der Waals surface area contributed by atoms with Crippen molar-refractivity contribution in [2.45, 2.75) is 103 Å². The van der Waals surface area contributed by atoms with Crippen molar-refractivity contribution < 1.29 is 23.9 Å². The third kappa shape index (κ3) is 5.88. The highest BCUT2D eigenvalue weighted by Crippen LogP contribution is 2.40. The van der Waals surface area contributed by atoms with Crippen molar-refractivity contribution in [3.8, 4) is 0 Å². The van der Waals surface area contributed by atoms with Crippen LogP contribution in [-0.2, 0) is 14.3 Å². The molecule has 27 heavy (non-hydrogen) atoms. The van der Waals surface area contributed by atoms with E-state index in [1.807, 2.05) is 34.6 Å². The minimum Gasteiger partial charge on any atom is -0.444 e. The maximum atomic E-state index is 13.0. The monoisotopic (exact) mass is 379 g/mol. The van der Waals surface area contributed by atoms with Crippen molar-refractivity contribution in [2.75, 3.05) is 0 Å². The quantitative estimate of drug-likeness (QED) is 0.411. The fourth-order valence-electron chi connectivity index (χ4n) is 4.25. The van der Waals surface area contributed by atoms with Crippen LogP contribution < -0.4 is 0 Å². The molecule has 2 rings (SSSR count). The lowest BCUT2D eigenvalue weighted by molar-refractivity contribution is -0.120. The summed E-state index contributed by atoms with van der Waals surface area (Å²) >= 11 is 0. The first-order chi connectivity index (χ1) is 12.5. The summed E-state index contributed by atoms with van der Waals surface area (Å²) in [5.41, 5.74) is 7.15. The molecule has 2 aliphatic rings. The minimum absolute atomic E-state index is 0.0736. The van der Waals surface area contributed by atoms with E-state index in [9.17, 15) is 9.59 Å². The van der Waals surface area contributed by atoms with Crippen LogP contribution in [0.25, 0.3) is 5.53 Å². The van der Waals surface area contributed by atoms with Gasteiger partial charge in [0.25, 0.3) is 0 Å². The average Bonchev–Trinajstić information content (AvgIpc) is 2.76. The summed E-state index contributed by atoms with van der Waals surface area (Å²) in [6.07, 6.45) is 6.83. The topological polar surface area (TPSA) is 92.2 Å². The molecule has 2 atom stereocenters. The molecule has 7 nitrogen and oxygen atoms in total. The molecule has 0 aromatic heterocycles. The van der Waals surface area contributed by atoms with Crippen molar-refractivity contribution in [3.05, 3.63) is 5.53 Å². The minimum atomic E-state index is -0.872. The van der Waals surface area contributed by atoms with E-state index in [0.717, 1.165) is 25.5 Å². The molecule has 0 N–H and O–H groups in total. The van der Waals surface area contributed by atoms with Crippen LogP contribution in [0.2, 0.25) is 0 Å². The third-order valence-electron chi connectivity index (χ3n) is 5.27. The zero-order valence-corrected chi connectivity index (χ0v) is 17.2. The number of nitrogens with zero attached hydrogens (tertiary/aromatic N) is 3. The smallest absolute Gasteiger partial charge is 0.412 e. The van der Waals surface area contributed by atoms with E-state index in [1.54, 1.807) is 4.90 Å². The molecule has 7 heteroatoms. The van der Waals surface area contributed by atoms with E-state index in [0.29, 0.717) is 5.92 Å². The molecular weight excluding hydrogens is 346 g/mol. The Kier molecular flexibility index (Phi) is 6.82. The van der Waals surface area contributed by atoms with Gasteiger partial charge in [-0.25, -0.2) is 4.79 Å². The lowest BCUT2D eigenvalue weighted by Gasteiger charge is -2.36. The Balaban J connectivity index is 2.26. The second kappa shape index (κ2) is 8.53. The summed E-state index contributed by atoms with van der Waals surface area (Å²) in [5.74, 6) is 0.188. The fourth-order valence-corrected chi connectivity index (χ4v) is 4.25. The second-order valence-corrected chi connectivity index (χ2v) is 9.18. The molecule has 2 fully saturated rings.